The van der Waals surface area contributed by atoms with Gasteiger partial charge in [0.15, 0.2) is 0 Å². The molecule has 2 aliphatic carbocycles. The van der Waals surface area contributed by atoms with Gasteiger partial charge in [-0.05, 0) is 97.1 Å². The molecule has 1 nitrogen and oxygen atoms in total. The minimum Gasteiger partial charge on any atom is -0.309 e. The van der Waals surface area contributed by atoms with Crippen molar-refractivity contribution in [2.24, 2.45) is 0 Å². The van der Waals surface area contributed by atoms with Crippen LogP contribution in [0.2, 0.25) is 0 Å². The minimum absolute atomic E-state index is 0.525. The monoisotopic (exact) mass is 831 g/mol. The molecular weight excluding hydrogens is 791 g/mol. The molecule has 0 saturated carbocycles. The van der Waals surface area contributed by atoms with E-state index < -0.39 is 10.8 Å². The van der Waals surface area contributed by atoms with Crippen LogP contribution in [-0.4, -0.2) is 0 Å². The second-order valence-corrected chi connectivity index (χ2v) is 18.1. The van der Waals surface area contributed by atoms with Crippen LogP contribution in [0.15, 0.2) is 249 Å². The summed E-state index contributed by atoms with van der Waals surface area (Å²) in [6, 6.07) is 93.0. The van der Waals surface area contributed by atoms with Crippen LogP contribution in [0, 0.1) is 0 Å². The van der Waals surface area contributed by atoms with Crippen molar-refractivity contribution in [3.63, 3.8) is 0 Å². The molecule has 0 fully saturated rings. The first-order valence-corrected chi connectivity index (χ1v) is 23.0. The second-order valence-electron chi connectivity index (χ2n) is 17.1. The lowest BCUT2D eigenvalue weighted by atomic mass is 9.51. The number of benzene rings is 10. The van der Waals surface area contributed by atoms with Gasteiger partial charge >= 0.3 is 0 Å². The number of nitrogens with zero attached hydrogens (tertiary/aromatic N) is 1. The van der Waals surface area contributed by atoms with Crippen LogP contribution < -0.4 is 4.90 Å². The van der Waals surface area contributed by atoms with Gasteiger partial charge in [0.05, 0.1) is 26.9 Å². The molecule has 2 unspecified atom stereocenters. The van der Waals surface area contributed by atoms with Gasteiger partial charge in [-0.2, -0.15) is 0 Å². The van der Waals surface area contributed by atoms with Gasteiger partial charge in [-0.25, -0.2) is 0 Å². The first kappa shape index (κ1) is 36.8. The summed E-state index contributed by atoms with van der Waals surface area (Å²) in [6.07, 6.45) is 0. The van der Waals surface area contributed by atoms with Crippen LogP contribution in [0.5, 0.6) is 0 Å². The number of anilines is 3. The van der Waals surface area contributed by atoms with Crippen molar-refractivity contribution in [1.29, 1.82) is 0 Å². The molecule has 64 heavy (non-hydrogen) atoms. The fourth-order valence-corrected chi connectivity index (χ4v) is 12.8. The molecule has 0 spiro atoms. The molecule has 0 N–H and O–H groups in total. The SMILES string of the molecule is c1ccc(-c2ccc(N(c3ccccc3C3(c4ccccc4)c4ccccc4C4(c5ccccc5)c5ccccc5-c5cccc3c54)c3cccc4c3sc3ccccc34)cc2)cc1. The molecule has 0 radical (unpaired) electrons. The number of fused-ring (bicyclic) bond motifs is 8. The second kappa shape index (κ2) is 14.4. The van der Waals surface area contributed by atoms with E-state index in [4.69, 9.17) is 0 Å². The summed E-state index contributed by atoms with van der Waals surface area (Å²) in [4.78, 5) is 2.55. The van der Waals surface area contributed by atoms with E-state index in [9.17, 15) is 0 Å². The lowest BCUT2D eigenvalue weighted by Crippen LogP contribution is -2.44. The molecule has 0 bridgehead atoms. The van der Waals surface area contributed by atoms with Crippen LogP contribution in [0.1, 0.15) is 44.5 Å². The fraction of sp³-hybridized carbons (Fsp3) is 0.0323. The smallest absolute Gasteiger partial charge is 0.0728 e. The molecule has 1 heterocycles. The number of rotatable bonds is 7. The van der Waals surface area contributed by atoms with Gasteiger partial charge in [-0.1, -0.05) is 218 Å². The lowest BCUT2D eigenvalue weighted by molar-refractivity contribution is 0.627. The van der Waals surface area contributed by atoms with Gasteiger partial charge in [-0.3, -0.25) is 0 Å². The quantitative estimate of drug-likeness (QED) is 0.155. The number of para-hydroxylation sites is 1. The molecule has 1 aromatic heterocycles. The van der Waals surface area contributed by atoms with Crippen molar-refractivity contribution in [3.05, 3.63) is 293 Å². The lowest BCUT2D eigenvalue weighted by Gasteiger charge is -2.50. The Kier molecular flexibility index (Phi) is 8.28. The van der Waals surface area contributed by atoms with Crippen LogP contribution in [0.3, 0.4) is 0 Å². The van der Waals surface area contributed by atoms with Gasteiger partial charge < -0.3 is 4.90 Å². The maximum absolute atomic E-state index is 2.55. The van der Waals surface area contributed by atoms with Crippen LogP contribution in [0.4, 0.5) is 17.1 Å². The van der Waals surface area contributed by atoms with E-state index in [1.54, 1.807) is 0 Å². The summed E-state index contributed by atoms with van der Waals surface area (Å²) in [5, 5.41) is 2.56. The average molecular weight is 832 g/mol. The molecule has 0 aliphatic heterocycles. The Morgan fingerprint density at radius 1 is 0.312 bits per heavy atom. The molecule has 2 aliphatic rings. The Hall–Kier alpha value is -7.78. The summed E-state index contributed by atoms with van der Waals surface area (Å²) in [7, 11) is 0. The third kappa shape index (κ3) is 5.06. The third-order valence-electron chi connectivity index (χ3n) is 14.0. The molecule has 2 heteroatoms. The van der Waals surface area contributed by atoms with Gasteiger partial charge in [0.25, 0.3) is 0 Å². The molecule has 0 amide bonds. The average Bonchev–Trinajstić information content (AvgIpc) is 3.91. The van der Waals surface area contributed by atoms with E-state index in [1.165, 1.54) is 86.9 Å². The summed E-state index contributed by atoms with van der Waals surface area (Å²) < 4.78 is 2.55. The molecule has 11 aromatic rings. The first-order chi connectivity index (χ1) is 31.8. The van der Waals surface area contributed by atoms with Crippen molar-refractivity contribution in [2.75, 3.05) is 4.90 Å². The van der Waals surface area contributed by atoms with Gasteiger partial charge in [0, 0.05) is 21.2 Å². The van der Waals surface area contributed by atoms with E-state index in [0.29, 0.717) is 0 Å². The zero-order valence-electron chi connectivity index (χ0n) is 35.0. The largest absolute Gasteiger partial charge is 0.309 e. The zero-order valence-corrected chi connectivity index (χ0v) is 35.8. The zero-order chi connectivity index (χ0) is 42.2. The van der Waals surface area contributed by atoms with Gasteiger partial charge in [-0.15, -0.1) is 11.3 Å². The Morgan fingerprint density at radius 2 is 0.812 bits per heavy atom. The predicted molar refractivity (Wildman–Crippen MR) is 269 cm³/mol. The van der Waals surface area contributed by atoms with Gasteiger partial charge in [0.1, 0.15) is 0 Å². The van der Waals surface area contributed by atoms with E-state index in [0.717, 1.165) is 17.1 Å². The topological polar surface area (TPSA) is 3.24 Å². The summed E-state index contributed by atoms with van der Waals surface area (Å²) >= 11 is 1.88. The summed E-state index contributed by atoms with van der Waals surface area (Å²) in [6.45, 7) is 0. The standard InChI is InChI=1S/C62H41NS/c1-4-20-42(21-5-1)43-38-40-46(41-39-43)63(57-36-19-29-50-48-27-11-17-37-58(48)64-60(50)57)56-35-16-15-33-54(56)61(44-22-6-2-7-23-44)52-31-13-14-32-53(52)62(45-24-8-3-9-25-45)51-30-12-10-26-47(51)49-28-18-34-55(61)59(49)62/h1-41H. The van der Waals surface area contributed by atoms with Crippen molar-refractivity contribution < 1.29 is 0 Å². The molecule has 300 valence electrons. The summed E-state index contributed by atoms with van der Waals surface area (Å²) in [5.74, 6) is 0. The highest BCUT2D eigenvalue weighted by Crippen LogP contribution is 2.66. The normalized spacial score (nSPS) is 16.9. The van der Waals surface area contributed by atoms with Crippen molar-refractivity contribution in [1.82, 2.24) is 0 Å². The van der Waals surface area contributed by atoms with Crippen molar-refractivity contribution in [3.8, 4) is 22.3 Å². The Bertz CT molecular complexity index is 3550. The Morgan fingerprint density at radius 3 is 1.56 bits per heavy atom. The number of hydrogen-bond acceptors (Lipinski definition) is 2. The minimum atomic E-state index is -0.726. The molecular formula is C62H41NS. The molecule has 13 rings (SSSR count). The van der Waals surface area contributed by atoms with E-state index >= 15 is 0 Å². The Balaban J connectivity index is 1.16. The van der Waals surface area contributed by atoms with Crippen LogP contribution >= 0.6 is 11.3 Å². The Labute approximate surface area is 377 Å². The van der Waals surface area contributed by atoms with Crippen LogP contribution in [-0.2, 0) is 10.8 Å². The highest BCUT2D eigenvalue weighted by atomic mass is 32.1. The van der Waals surface area contributed by atoms with Crippen LogP contribution in [0.25, 0.3) is 42.4 Å². The highest BCUT2D eigenvalue weighted by molar-refractivity contribution is 7.26. The molecule has 0 saturated heterocycles. The summed E-state index contributed by atoms with van der Waals surface area (Å²) in [5.41, 5.74) is 17.5. The fourth-order valence-electron chi connectivity index (χ4n) is 11.6. The van der Waals surface area contributed by atoms with E-state index in [-0.39, 0.29) is 0 Å². The maximum atomic E-state index is 2.55. The third-order valence-corrected chi connectivity index (χ3v) is 15.2. The van der Waals surface area contributed by atoms with Crippen molar-refractivity contribution >= 4 is 48.6 Å². The maximum Gasteiger partial charge on any atom is 0.0728 e. The predicted octanol–water partition coefficient (Wildman–Crippen LogP) is 16.3. The highest BCUT2D eigenvalue weighted by Gasteiger charge is 2.58. The van der Waals surface area contributed by atoms with E-state index in [1.807, 2.05) is 11.3 Å². The number of hydrogen-bond donors (Lipinski definition) is 0. The number of thiophene rings is 1. The first-order valence-electron chi connectivity index (χ1n) is 22.2. The molecule has 2 atom stereocenters. The van der Waals surface area contributed by atoms with E-state index in [2.05, 4.69) is 254 Å². The van der Waals surface area contributed by atoms with Crippen molar-refractivity contribution in [2.45, 2.75) is 10.8 Å². The molecule has 10 aromatic carbocycles. The van der Waals surface area contributed by atoms with Gasteiger partial charge in [0.2, 0.25) is 0 Å².